The molecule has 4 nitrogen and oxygen atoms in total. The predicted octanol–water partition coefficient (Wildman–Crippen LogP) is 2.00. The fourth-order valence-corrected chi connectivity index (χ4v) is 1.01. The van der Waals surface area contributed by atoms with Crippen molar-refractivity contribution in [1.29, 1.82) is 0 Å². The van der Waals surface area contributed by atoms with E-state index in [4.69, 9.17) is 4.74 Å². The van der Waals surface area contributed by atoms with Crippen LogP contribution in [0.3, 0.4) is 0 Å². The second-order valence-corrected chi connectivity index (χ2v) is 3.38. The van der Waals surface area contributed by atoms with Crippen molar-refractivity contribution in [3.63, 3.8) is 0 Å². The highest BCUT2D eigenvalue weighted by Gasteiger charge is 2.05. The predicted molar refractivity (Wildman–Crippen MR) is 56.7 cm³/mol. The molecule has 1 aromatic heterocycles. The summed E-state index contributed by atoms with van der Waals surface area (Å²) in [6.07, 6.45) is 1.90. The summed E-state index contributed by atoms with van der Waals surface area (Å²) < 4.78 is 5.54. The molecular formula is C10H17N3O. The molecular weight excluding hydrogens is 178 g/mol. The molecule has 0 aromatic carbocycles. The molecule has 1 N–H and O–H groups in total. The molecule has 1 aromatic rings. The smallest absolute Gasteiger partial charge is 0.225 e. The molecule has 14 heavy (non-hydrogen) atoms. The molecule has 1 rings (SSSR count). The van der Waals surface area contributed by atoms with Gasteiger partial charge >= 0.3 is 0 Å². The maximum Gasteiger partial charge on any atom is 0.225 e. The highest BCUT2D eigenvalue weighted by atomic mass is 16.5. The SMILES string of the molecule is CCNc1ncc(C)c(OC(C)C)n1. The van der Waals surface area contributed by atoms with Gasteiger partial charge in [-0.15, -0.1) is 0 Å². The third-order valence-corrected chi connectivity index (χ3v) is 1.61. The molecule has 0 bridgehead atoms. The van der Waals surface area contributed by atoms with Gasteiger partial charge in [-0.2, -0.15) is 4.98 Å². The third kappa shape index (κ3) is 2.87. The van der Waals surface area contributed by atoms with Crippen molar-refractivity contribution in [2.24, 2.45) is 0 Å². The van der Waals surface area contributed by atoms with E-state index in [0.717, 1.165) is 12.1 Å². The molecule has 0 atom stereocenters. The van der Waals surface area contributed by atoms with E-state index in [9.17, 15) is 0 Å². The molecule has 0 spiro atoms. The summed E-state index contributed by atoms with van der Waals surface area (Å²) >= 11 is 0. The minimum Gasteiger partial charge on any atom is -0.475 e. The summed E-state index contributed by atoms with van der Waals surface area (Å²) in [5.74, 6) is 1.28. The van der Waals surface area contributed by atoms with Crippen LogP contribution in [-0.2, 0) is 0 Å². The van der Waals surface area contributed by atoms with E-state index >= 15 is 0 Å². The van der Waals surface area contributed by atoms with E-state index in [-0.39, 0.29) is 6.10 Å². The number of anilines is 1. The van der Waals surface area contributed by atoms with Gasteiger partial charge in [-0.05, 0) is 27.7 Å². The minimum absolute atomic E-state index is 0.137. The Balaban J connectivity index is 2.84. The highest BCUT2D eigenvalue weighted by Crippen LogP contribution is 2.16. The molecule has 0 aliphatic carbocycles. The van der Waals surface area contributed by atoms with Crippen molar-refractivity contribution in [1.82, 2.24) is 9.97 Å². The number of hydrogen-bond donors (Lipinski definition) is 1. The number of aryl methyl sites for hydroxylation is 1. The van der Waals surface area contributed by atoms with Gasteiger partial charge in [-0.1, -0.05) is 0 Å². The molecule has 4 heteroatoms. The van der Waals surface area contributed by atoms with Crippen LogP contribution in [0.4, 0.5) is 5.95 Å². The van der Waals surface area contributed by atoms with Crippen molar-refractivity contribution < 1.29 is 4.74 Å². The number of ether oxygens (including phenoxy) is 1. The molecule has 1 heterocycles. The fraction of sp³-hybridized carbons (Fsp3) is 0.600. The van der Waals surface area contributed by atoms with Crippen LogP contribution in [0.1, 0.15) is 26.3 Å². The van der Waals surface area contributed by atoms with Crippen molar-refractivity contribution >= 4 is 5.95 Å². The molecule has 0 aliphatic rings. The first-order chi connectivity index (χ1) is 6.63. The Morgan fingerprint density at radius 3 is 2.79 bits per heavy atom. The van der Waals surface area contributed by atoms with Gasteiger partial charge in [-0.3, -0.25) is 0 Å². The Kier molecular flexibility index (Phi) is 3.68. The largest absolute Gasteiger partial charge is 0.475 e. The Hall–Kier alpha value is -1.32. The molecule has 78 valence electrons. The Labute approximate surface area is 84.7 Å². The zero-order valence-corrected chi connectivity index (χ0v) is 9.16. The van der Waals surface area contributed by atoms with E-state index in [2.05, 4.69) is 15.3 Å². The van der Waals surface area contributed by atoms with Crippen LogP contribution in [0.25, 0.3) is 0 Å². The monoisotopic (exact) mass is 195 g/mol. The van der Waals surface area contributed by atoms with E-state index < -0.39 is 0 Å². The molecule has 0 radical (unpaired) electrons. The summed E-state index contributed by atoms with van der Waals surface area (Å²) in [7, 11) is 0. The van der Waals surface area contributed by atoms with Crippen LogP contribution in [0, 0.1) is 6.92 Å². The maximum absolute atomic E-state index is 5.54. The average Bonchev–Trinajstić information content (AvgIpc) is 2.10. The highest BCUT2D eigenvalue weighted by molar-refractivity contribution is 5.32. The normalized spacial score (nSPS) is 10.4. The number of rotatable bonds is 4. The summed E-state index contributed by atoms with van der Waals surface area (Å²) in [6, 6.07) is 0. The fourth-order valence-electron chi connectivity index (χ4n) is 1.01. The lowest BCUT2D eigenvalue weighted by Gasteiger charge is -2.11. The minimum atomic E-state index is 0.137. The summed E-state index contributed by atoms with van der Waals surface area (Å²) in [5, 5.41) is 3.05. The summed E-state index contributed by atoms with van der Waals surface area (Å²) in [4.78, 5) is 8.39. The van der Waals surface area contributed by atoms with Gasteiger partial charge in [0.2, 0.25) is 11.8 Å². The number of hydrogen-bond acceptors (Lipinski definition) is 4. The first-order valence-electron chi connectivity index (χ1n) is 4.87. The van der Waals surface area contributed by atoms with Gasteiger partial charge < -0.3 is 10.1 Å². The maximum atomic E-state index is 5.54. The number of nitrogens with zero attached hydrogens (tertiary/aromatic N) is 2. The van der Waals surface area contributed by atoms with Crippen LogP contribution < -0.4 is 10.1 Å². The van der Waals surface area contributed by atoms with Crippen molar-refractivity contribution in [3.8, 4) is 5.88 Å². The molecule has 0 unspecified atom stereocenters. The molecule has 0 saturated heterocycles. The standard InChI is InChI=1S/C10H17N3O/c1-5-11-10-12-6-8(4)9(13-10)14-7(2)3/h6-7H,5H2,1-4H3,(H,11,12,13). The summed E-state index contributed by atoms with van der Waals surface area (Å²) in [6.45, 7) is 8.72. The number of nitrogens with one attached hydrogen (secondary N) is 1. The van der Waals surface area contributed by atoms with Gasteiger partial charge in [0.05, 0.1) is 6.10 Å². The topological polar surface area (TPSA) is 47.0 Å². The van der Waals surface area contributed by atoms with Crippen LogP contribution in [-0.4, -0.2) is 22.6 Å². The second kappa shape index (κ2) is 4.79. The van der Waals surface area contributed by atoms with E-state index in [0.29, 0.717) is 11.8 Å². The summed E-state index contributed by atoms with van der Waals surface area (Å²) in [5.41, 5.74) is 0.959. The van der Waals surface area contributed by atoms with Crippen LogP contribution >= 0.6 is 0 Å². The molecule has 0 fully saturated rings. The third-order valence-electron chi connectivity index (χ3n) is 1.61. The second-order valence-electron chi connectivity index (χ2n) is 3.38. The lowest BCUT2D eigenvalue weighted by atomic mass is 10.3. The first kappa shape index (κ1) is 10.8. The van der Waals surface area contributed by atoms with Gasteiger partial charge in [0.1, 0.15) is 0 Å². The van der Waals surface area contributed by atoms with E-state index in [1.54, 1.807) is 6.20 Å². The van der Waals surface area contributed by atoms with Crippen LogP contribution in [0.2, 0.25) is 0 Å². The zero-order chi connectivity index (χ0) is 10.6. The molecule has 0 aliphatic heterocycles. The van der Waals surface area contributed by atoms with Gasteiger partial charge in [0.15, 0.2) is 0 Å². The van der Waals surface area contributed by atoms with Crippen LogP contribution in [0.5, 0.6) is 5.88 Å². The number of aromatic nitrogens is 2. The van der Waals surface area contributed by atoms with Gasteiger partial charge in [-0.25, -0.2) is 4.98 Å². The molecule has 0 amide bonds. The van der Waals surface area contributed by atoms with Crippen molar-refractivity contribution in [2.45, 2.75) is 33.8 Å². The van der Waals surface area contributed by atoms with E-state index in [1.807, 2.05) is 27.7 Å². The van der Waals surface area contributed by atoms with Crippen LogP contribution in [0.15, 0.2) is 6.20 Å². The lowest BCUT2D eigenvalue weighted by molar-refractivity contribution is 0.231. The zero-order valence-electron chi connectivity index (χ0n) is 9.16. The van der Waals surface area contributed by atoms with Gasteiger partial charge in [0.25, 0.3) is 0 Å². The average molecular weight is 195 g/mol. The first-order valence-corrected chi connectivity index (χ1v) is 4.87. The van der Waals surface area contributed by atoms with Crippen molar-refractivity contribution in [2.75, 3.05) is 11.9 Å². The lowest BCUT2D eigenvalue weighted by Crippen LogP contribution is -2.10. The molecule has 0 saturated carbocycles. The van der Waals surface area contributed by atoms with Crippen molar-refractivity contribution in [3.05, 3.63) is 11.8 Å². The van der Waals surface area contributed by atoms with E-state index in [1.165, 1.54) is 0 Å². The quantitative estimate of drug-likeness (QED) is 0.798. The Morgan fingerprint density at radius 2 is 2.21 bits per heavy atom. The Bertz CT molecular complexity index is 299. The Morgan fingerprint density at radius 1 is 1.50 bits per heavy atom. The van der Waals surface area contributed by atoms with Gasteiger partial charge in [0, 0.05) is 18.3 Å².